The zero-order valence-corrected chi connectivity index (χ0v) is 18.6. The van der Waals surface area contributed by atoms with E-state index in [0.29, 0.717) is 25.8 Å². The lowest BCUT2D eigenvalue weighted by Crippen LogP contribution is -2.47. The van der Waals surface area contributed by atoms with Gasteiger partial charge in [0.15, 0.2) is 0 Å². The number of hydrogen-bond donors (Lipinski definition) is 4. The van der Waals surface area contributed by atoms with Crippen LogP contribution in [0.1, 0.15) is 31.2 Å². The largest absolute Gasteiger partial charge is 0.480 e. The Bertz CT molecular complexity index is 928. The SMILES string of the molecule is O=C(CCCCCN1C(=O)C=CC1=O)NCC(=O)NCC(=O)NC(Cc1ccccc1)C(=O)O. The number of amides is 5. The van der Waals surface area contributed by atoms with Crippen molar-refractivity contribution < 1.29 is 33.9 Å². The average Bonchev–Trinajstić information content (AvgIpc) is 3.13. The fourth-order valence-corrected chi connectivity index (χ4v) is 3.19. The Morgan fingerprint density at radius 2 is 1.44 bits per heavy atom. The Morgan fingerprint density at radius 1 is 0.824 bits per heavy atom. The molecule has 34 heavy (non-hydrogen) atoms. The van der Waals surface area contributed by atoms with Gasteiger partial charge in [0.2, 0.25) is 17.7 Å². The van der Waals surface area contributed by atoms with E-state index in [4.69, 9.17) is 0 Å². The average molecular weight is 472 g/mol. The van der Waals surface area contributed by atoms with E-state index >= 15 is 0 Å². The number of hydrogen-bond acceptors (Lipinski definition) is 6. The molecule has 182 valence electrons. The number of rotatable bonds is 14. The van der Waals surface area contributed by atoms with Crippen LogP contribution >= 0.6 is 0 Å². The number of unbranched alkanes of at least 4 members (excludes halogenated alkanes) is 2. The van der Waals surface area contributed by atoms with Crippen molar-refractivity contribution in [1.82, 2.24) is 20.9 Å². The van der Waals surface area contributed by atoms with Gasteiger partial charge in [-0.15, -0.1) is 0 Å². The lowest BCUT2D eigenvalue weighted by Gasteiger charge is -2.15. The summed E-state index contributed by atoms with van der Waals surface area (Å²) in [6, 6.07) is 7.69. The summed E-state index contributed by atoms with van der Waals surface area (Å²) in [6.07, 6.45) is 4.45. The molecule has 0 aromatic heterocycles. The molecule has 1 atom stereocenters. The highest BCUT2D eigenvalue weighted by atomic mass is 16.4. The number of carbonyl (C=O) groups excluding carboxylic acids is 5. The van der Waals surface area contributed by atoms with Gasteiger partial charge in [0.05, 0.1) is 13.1 Å². The zero-order chi connectivity index (χ0) is 24.9. The molecule has 0 radical (unpaired) electrons. The lowest BCUT2D eigenvalue weighted by molar-refractivity contribution is -0.141. The number of carboxylic acids is 1. The highest BCUT2D eigenvalue weighted by molar-refractivity contribution is 6.12. The van der Waals surface area contributed by atoms with Crippen molar-refractivity contribution in [2.45, 2.75) is 38.1 Å². The topological polar surface area (TPSA) is 162 Å². The Labute approximate surface area is 196 Å². The molecular formula is C23H28N4O7. The molecule has 1 heterocycles. The van der Waals surface area contributed by atoms with Crippen LogP contribution in [0.15, 0.2) is 42.5 Å². The van der Waals surface area contributed by atoms with E-state index in [9.17, 15) is 33.9 Å². The number of carbonyl (C=O) groups is 6. The summed E-state index contributed by atoms with van der Waals surface area (Å²) in [7, 11) is 0. The summed E-state index contributed by atoms with van der Waals surface area (Å²) >= 11 is 0. The molecule has 0 aliphatic carbocycles. The van der Waals surface area contributed by atoms with Gasteiger partial charge < -0.3 is 21.1 Å². The van der Waals surface area contributed by atoms with Gasteiger partial charge in [0.1, 0.15) is 6.04 Å². The maximum Gasteiger partial charge on any atom is 0.326 e. The van der Waals surface area contributed by atoms with Gasteiger partial charge in [-0.3, -0.25) is 28.9 Å². The predicted octanol–water partition coefficient (Wildman–Crippen LogP) is -0.484. The number of nitrogens with one attached hydrogen (secondary N) is 3. The maximum absolute atomic E-state index is 12.0. The minimum absolute atomic E-state index is 0.105. The molecule has 0 bridgehead atoms. The van der Waals surface area contributed by atoms with E-state index in [-0.39, 0.29) is 37.1 Å². The van der Waals surface area contributed by atoms with E-state index in [2.05, 4.69) is 16.0 Å². The van der Waals surface area contributed by atoms with Gasteiger partial charge in [-0.05, 0) is 18.4 Å². The van der Waals surface area contributed by atoms with Crippen LogP contribution < -0.4 is 16.0 Å². The summed E-state index contributed by atoms with van der Waals surface area (Å²) in [5, 5.41) is 16.4. The molecule has 2 rings (SSSR count). The van der Waals surface area contributed by atoms with E-state index in [1.165, 1.54) is 12.2 Å². The molecule has 1 aliphatic rings. The minimum Gasteiger partial charge on any atom is -0.480 e. The second-order valence-corrected chi connectivity index (χ2v) is 7.67. The zero-order valence-electron chi connectivity index (χ0n) is 18.6. The van der Waals surface area contributed by atoms with Crippen molar-refractivity contribution in [2.24, 2.45) is 0 Å². The van der Waals surface area contributed by atoms with Crippen molar-refractivity contribution in [3.63, 3.8) is 0 Å². The molecule has 1 aromatic rings. The van der Waals surface area contributed by atoms with Gasteiger partial charge in [0, 0.05) is 31.5 Å². The van der Waals surface area contributed by atoms with Crippen LogP contribution in [0.4, 0.5) is 0 Å². The molecule has 1 unspecified atom stereocenters. The van der Waals surface area contributed by atoms with Crippen molar-refractivity contribution in [1.29, 1.82) is 0 Å². The smallest absolute Gasteiger partial charge is 0.326 e. The maximum atomic E-state index is 12.0. The van der Waals surface area contributed by atoms with Crippen molar-refractivity contribution in [3.05, 3.63) is 48.0 Å². The molecule has 0 fully saturated rings. The van der Waals surface area contributed by atoms with Crippen molar-refractivity contribution in [3.8, 4) is 0 Å². The van der Waals surface area contributed by atoms with Gasteiger partial charge >= 0.3 is 5.97 Å². The molecule has 11 heteroatoms. The number of nitrogens with zero attached hydrogens (tertiary/aromatic N) is 1. The first-order valence-corrected chi connectivity index (χ1v) is 10.9. The minimum atomic E-state index is -1.19. The molecule has 1 aromatic carbocycles. The van der Waals surface area contributed by atoms with Gasteiger partial charge in [-0.1, -0.05) is 36.8 Å². The molecule has 0 saturated heterocycles. The Morgan fingerprint density at radius 3 is 2.09 bits per heavy atom. The van der Waals surface area contributed by atoms with Crippen LogP contribution in [0, 0.1) is 0 Å². The molecule has 5 amide bonds. The van der Waals surface area contributed by atoms with E-state index < -0.39 is 30.4 Å². The van der Waals surface area contributed by atoms with Crippen LogP contribution in [0.5, 0.6) is 0 Å². The predicted molar refractivity (Wildman–Crippen MR) is 120 cm³/mol. The Kier molecular flexibility index (Phi) is 10.4. The van der Waals surface area contributed by atoms with E-state index in [1.807, 2.05) is 0 Å². The molecular weight excluding hydrogens is 444 g/mol. The fourth-order valence-electron chi connectivity index (χ4n) is 3.19. The lowest BCUT2D eigenvalue weighted by atomic mass is 10.1. The van der Waals surface area contributed by atoms with Crippen LogP contribution in [0.2, 0.25) is 0 Å². The summed E-state index contributed by atoms with van der Waals surface area (Å²) < 4.78 is 0. The van der Waals surface area contributed by atoms with Gasteiger partial charge in [-0.2, -0.15) is 0 Å². The van der Waals surface area contributed by atoms with Crippen LogP contribution in [0.3, 0.4) is 0 Å². The first-order valence-electron chi connectivity index (χ1n) is 10.9. The second-order valence-electron chi connectivity index (χ2n) is 7.67. The monoisotopic (exact) mass is 472 g/mol. The highest BCUT2D eigenvalue weighted by Crippen LogP contribution is 2.07. The molecule has 1 aliphatic heterocycles. The molecule has 0 spiro atoms. The number of benzene rings is 1. The van der Waals surface area contributed by atoms with Crippen molar-refractivity contribution >= 4 is 35.5 Å². The molecule has 0 saturated carbocycles. The summed E-state index contributed by atoms with van der Waals surface area (Å²) in [5.74, 6) is -3.45. The first kappa shape index (κ1) is 26.2. The third-order valence-corrected chi connectivity index (χ3v) is 4.99. The Hall–Kier alpha value is -4.02. The van der Waals surface area contributed by atoms with Gasteiger partial charge in [-0.25, -0.2) is 4.79 Å². The molecule has 4 N–H and O–H groups in total. The molecule has 11 nitrogen and oxygen atoms in total. The summed E-state index contributed by atoms with van der Waals surface area (Å²) in [4.78, 5) is 71.1. The fraction of sp³-hybridized carbons (Fsp3) is 0.391. The summed E-state index contributed by atoms with van der Waals surface area (Å²) in [5.41, 5.74) is 0.747. The second kappa shape index (κ2) is 13.5. The Balaban J connectivity index is 1.57. The quantitative estimate of drug-likeness (QED) is 0.210. The number of aliphatic carboxylic acids is 1. The third kappa shape index (κ3) is 9.23. The first-order chi connectivity index (χ1) is 16.3. The number of imide groups is 1. The summed E-state index contributed by atoms with van der Waals surface area (Å²) in [6.45, 7) is -0.443. The van der Waals surface area contributed by atoms with Crippen LogP contribution in [0.25, 0.3) is 0 Å². The van der Waals surface area contributed by atoms with Crippen LogP contribution in [-0.4, -0.2) is 71.2 Å². The third-order valence-electron chi connectivity index (χ3n) is 4.99. The van der Waals surface area contributed by atoms with E-state index in [0.717, 1.165) is 10.5 Å². The number of carboxylic acid groups (broad SMARTS) is 1. The van der Waals surface area contributed by atoms with Crippen molar-refractivity contribution in [2.75, 3.05) is 19.6 Å². The van der Waals surface area contributed by atoms with Crippen LogP contribution in [-0.2, 0) is 35.2 Å². The highest BCUT2D eigenvalue weighted by Gasteiger charge is 2.22. The van der Waals surface area contributed by atoms with Gasteiger partial charge in [0.25, 0.3) is 11.8 Å². The van der Waals surface area contributed by atoms with E-state index in [1.54, 1.807) is 30.3 Å². The standard InChI is InChI=1S/C23H28N4O7/c28-18(9-5-2-6-12-27-21(31)10-11-22(27)32)24-14-19(29)25-15-20(30)26-17(23(33)34)13-16-7-3-1-4-8-16/h1,3-4,7-8,10-11,17H,2,5-6,9,12-15H2,(H,24,28)(H,25,29)(H,26,30)(H,33,34). The normalized spacial score (nSPS) is 13.5.